The Balaban J connectivity index is 1.42. The Morgan fingerprint density at radius 1 is 1.10 bits per heavy atom. The van der Waals surface area contributed by atoms with Gasteiger partial charge in [0.25, 0.3) is 5.69 Å². The number of nitrogens with one attached hydrogen (secondary N) is 1. The highest BCUT2D eigenvalue weighted by Crippen LogP contribution is 2.41. The predicted octanol–water partition coefficient (Wildman–Crippen LogP) is 6.57. The van der Waals surface area contributed by atoms with Crippen LogP contribution in [-0.4, -0.2) is 53.0 Å². The van der Waals surface area contributed by atoms with Crippen LogP contribution in [0.3, 0.4) is 0 Å². The second-order valence-electron chi connectivity index (χ2n) is 9.89. The number of piperazine rings is 1. The van der Waals surface area contributed by atoms with E-state index < -0.39 is 29.1 Å². The maximum atomic E-state index is 15.1. The molecule has 1 saturated heterocycles. The molecule has 1 aromatic heterocycles. The van der Waals surface area contributed by atoms with Gasteiger partial charge in [-0.15, -0.1) is 0 Å². The van der Waals surface area contributed by atoms with Crippen LogP contribution in [-0.2, 0) is 19.1 Å². The summed E-state index contributed by atoms with van der Waals surface area (Å²) in [6.45, 7) is 12.4. The number of likely N-dealkylation sites (N-methyl/N-ethyl adjacent to an activating group) is 1. The van der Waals surface area contributed by atoms with Crippen molar-refractivity contribution >= 4 is 23.3 Å². The quantitative estimate of drug-likeness (QED) is 0.274. The van der Waals surface area contributed by atoms with Gasteiger partial charge >= 0.3 is 6.18 Å². The van der Waals surface area contributed by atoms with Crippen LogP contribution in [0.1, 0.15) is 29.2 Å². The third-order valence-corrected chi connectivity index (χ3v) is 6.95. The summed E-state index contributed by atoms with van der Waals surface area (Å²) in [4.78, 5) is 15.3. The fraction of sp³-hybridized carbons (Fsp3) is 0.321. The second-order valence-corrected chi connectivity index (χ2v) is 9.89. The lowest BCUT2D eigenvalue weighted by atomic mass is 10.0. The van der Waals surface area contributed by atoms with Crippen LogP contribution in [0.4, 0.5) is 39.1 Å². The summed E-state index contributed by atoms with van der Waals surface area (Å²) in [7, 11) is 1.97. The highest BCUT2D eigenvalue weighted by Gasteiger charge is 2.34. The lowest BCUT2D eigenvalue weighted by molar-refractivity contribution is -0.138. The Labute approximate surface area is 227 Å². The van der Waals surface area contributed by atoms with E-state index >= 15 is 4.39 Å². The first kappa shape index (κ1) is 27.5. The van der Waals surface area contributed by atoms with E-state index in [0.29, 0.717) is 13.1 Å². The number of alkyl halides is 3. The van der Waals surface area contributed by atoms with E-state index in [4.69, 9.17) is 11.3 Å². The molecule has 0 saturated carbocycles. The smallest absolute Gasteiger partial charge is 0.416 e. The largest absolute Gasteiger partial charge is 0.446 e. The van der Waals surface area contributed by atoms with Gasteiger partial charge in [-0.05, 0) is 38.1 Å². The van der Waals surface area contributed by atoms with Crippen molar-refractivity contribution in [3.05, 3.63) is 81.5 Å². The molecule has 208 valence electrons. The number of nitrogens with zero attached hydrogens (tertiary/aromatic N) is 5. The van der Waals surface area contributed by atoms with Gasteiger partial charge in [0.2, 0.25) is 5.88 Å². The Kier molecular flexibility index (Phi) is 7.44. The summed E-state index contributed by atoms with van der Waals surface area (Å²) in [5.41, 5.74) is 0.149. The minimum atomic E-state index is -4.61. The number of hydrogen-bond donors (Lipinski definition) is 1. The van der Waals surface area contributed by atoms with Crippen LogP contribution in [0.5, 0.6) is 11.6 Å². The summed E-state index contributed by atoms with van der Waals surface area (Å²) in [6, 6.07) is 4.73. The van der Waals surface area contributed by atoms with Crippen LogP contribution in [0.25, 0.3) is 10.9 Å². The third kappa shape index (κ3) is 5.61. The molecule has 0 radical (unpaired) electrons. The molecule has 3 aromatic rings. The average molecular weight is 557 g/mol. The SMILES string of the molecule is [C-]#[N+]c1c(Nc2ccc(CN3CCN(C)CC3)c(C(F)(F)F)c2)ncnc1Oc1cc(F)c2c(c1F)C=C(C)C2. The molecule has 5 rings (SSSR count). The summed E-state index contributed by atoms with van der Waals surface area (Å²) in [5.74, 6) is -2.44. The van der Waals surface area contributed by atoms with Crippen molar-refractivity contribution in [1.29, 1.82) is 0 Å². The molecule has 12 heteroatoms. The normalized spacial score (nSPS) is 15.9. The summed E-state index contributed by atoms with van der Waals surface area (Å²) in [5, 5.41) is 2.73. The van der Waals surface area contributed by atoms with E-state index in [1.807, 2.05) is 11.9 Å². The van der Waals surface area contributed by atoms with Gasteiger partial charge < -0.3 is 15.0 Å². The standard InChI is InChI=1S/C28H25F5N6O/c1-16-10-19-20(11-16)24(30)23(13-22(19)29)40-27-25(34-2)26(35-15-36-27)37-18-5-4-17(21(12-18)28(31,32)33)14-39-8-6-38(3)7-9-39/h4-5,11-13,15H,6-10,14H2,1,3H3,(H,35,36,37). The van der Waals surface area contributed by atoms with Gasteiger partial charge in [-0.25, -0.2) is 23.6 Å². The van der Waals surface area contributed by atoms with Gasteiger partial charge in [-0.2, -0.15) is 13.2 Å². The summed E-state index contributed by atoms with van der Waals surface area (Å²) in [6.07, 6.45) is -1.79. The van der Waals surface area contributed by atoms with E-state index in [1.165, 1.54) is 18.2 Å². The molecular formula is C28H25F5N6O. The summed E-state index contributed by atoms with van der Waals surface area (Å²) >= 11 is 0. The molecule has 0 unspecified atom stereocenters. The molecule has 1 fully saturated rings. The van der Waals surface area contributed by atoms with Gasteiger partial charge in [0.15, 0.2) is 11.6 Å². The fourth-order valence-electron chi connectivity index (χ4n) is 4.81. The summed E-state index contributed by atoms with van der Waals surface area (Å²) < 4.78 is 77.2. The van der Waals surface area contributed by atoms with Crippen LogP contribution < -0.4 is 10.1 Å². The maximum absolute atomic E-state index is 15.1. The molecule has 0 atom stereocenters. The van der Waals surface area contributed by atoms with E-state index in [1.54, 1.807) is 6.92 Å². The van der Waals surface area contributed by atoms with E-state index in [-0.39, 0.29) is 52.7 Å². The minimum absolute atomic E-state index is 0.0411. The number of fused-ring (bicyclic) bond motifs is 1. The number of anilines is 2. The van der Waals surface area contributed by atoms with Crippen LogP contribution >= 0.6 is 0 Å². The molecule has 1 aliphatic heterocycles. The second kappa shape index (κ2) is 10.8. The van der Waals surface area contributed by atoms with Gasteiger partial charge in [-0.3, -0.25) is 4.90 Å². The molecule has 2 aromatic carbocycles. The van der Waals surface area contributed by atoms with Crippen molar-refractivity contribution in [3.63, 3.8) is 0 Å². The van der Waals surface area contributed by atoms with Crippen molar-refractivity contribution in [2.45, 2.75) is 26.1 Å². The van der Waals surface area contributed by atoms with E-state index in [0.717, 1.165) is 37.1 Å². The molecule has 1 N–H and O–H groups in total. The molecular weight excluding hydrogens is 531 g/mol. The lowest BCUT2D eigenvalue weighted by Crippen LogP contribution is -2.44. The van der Waals surface area contributed by atoms with Gasteiger partial charge in [0.05, 0.1) is 12.1 Å². The number of ether oxygens (including phenoxy) is 1. The average Bonchev–Trinajstić information content (AvgIpc) is 3.31. The first-order chi connectivity index (χ1) is 19.0. The number of halogens is 5. The highest BCUT2D eigenvalue weighted by molar-refractivity contribution is 5.76. The van der Waals surface area contributed by atoms with Crippen LogP contribution in [0.15, 0.2) is 36.2 Å². The molecule has 0 spiro atoms. The molecule has 7 nitrogen and oxygen atoms in total. The maximum Gasteiger partial charge on any atom is 0.416 e. The molecule has 0 bridgehead atoms. The zero-order valence-electron chi connectivity index (χ0n) is 21.7. The number of allylic oxidation sites excluding steroid dienone is 1. The zero-order valence-corrected chi connectivity index (χ0v) is 21.7. The van der Waals surface area contributed by atoms with E-state index in [2.05, 4.69) is 25.0 Å². The van der Waals surface area contributed by atoms with Crippen molar-refractivity contribution < 1.29 is 26.7 Å². The van der Waals surface area contributed by atoms with Crippen molar-refractivity contribution in [1.82, 2.24) is 19.8 Å². The number of benzene rings is 2. The Morgan fingerprint density at radius 3 is 2.55 bits per heavy atom. The highest BCUT2D eigenvalue weighted by atomic mass is 19.4. The molecule has 1 aliphatic carbocycles. The number of hydrogen-bond acceptors (Lipinski definition) is 6. The van der Waals surface area contributed by atoms with E-state index in [9.17, 15) is 17.6 Å². The van der Waals surface area contributed by atoms with Crippen LogP contribution in [0, 0.1) is 18.2 Å². The first-order valence-electron chi connectivity index (χ1n) is 12.5. The minimum Gasteiger partial charge on any atom is -0.446 e. The predicted molar refractivity (Wildman–Crippen MR) is 140 cm³/mol. The Morgan fingerprint density at radius 2 is 1.85 bits per heavy atom. The topological polar surface area (TPSA) is 57.9 Å². The van der Waals surface area contributed by atoms with Gasteiger partial charge in [0, 0.05) is 55.6 Å². The molecule has 2 heterocycles. The third-order valence-electron chi connectivity index (χ3n) is 6.95. The fourth-order valence-corrected chi connectivity index (χ4v) is 4.81. The lowest BCUT2D eigenvalue weighted by Gasteiger charge is -2.33. The monoisotopic (exact) mass is 556 g/mol. The van der Waals surface area contributed by atoms with Crippen molar-refractivity contribution in [2.75, 3.05) is 38.5 Å². The zero-order chi connectivity index (χ0) is 28.6. The molecule has 0 amide bonds. The van der Waals surface area contributed by atoms with Crippen molar-refractivity contribution in [3.8, 4) is 11.6 Å². The molecule has 2 aliphatic rings. The Hall–Kier alpha value is -4.08. The van der Waals surface area contributed by atoms with Gasteiger partial charge in [-0.1, -0.05) is 17.7 Å². The molecule has 40 heavy (non-hydrogen) atoms. The number of rotatable bonds is 6. The van der Waals surface area contributed by atoms with Crippen LogP contribution in [0.2, 0.25) is 0 Å². The first-order valence-corrected chi connectivity index (χ1v) is 12.5. The van der Waals surface area contributed by atoms with Crippen molar-refractivity contribution in [2.24, 2.45) is 0 Å². The van der Waals surface area contributed by atoms with Gasteiger partial charge in [0.1, 0.15) is 18.0 Å². The number of aromatic nitrogens is 2. The Bertz CT molecular complexity index is 1520.